The van der Waals surface area contributed by atoms with Crippen LogP contribution in [0.1, 0.15) is 59.8 Å². The van der Waals surface area contributed by atoms with Crippen molar-refractivity contribution in [3.05, 3.63) is 23.5 Å². The van der Waals surface area contributed by atoms with E-state index in [9.17, 15) is 15.0 Å². The zero-order valence-corrected chi connectivity index (χ0v) is 16.0. The molecule has 0 saturated heterocycles. The van der Waals surface area contributed by atoms with Crippen molar-refractivity contribution in [1.29, 1.82) is 0 Å². The molecule has 4 rings (SSSR count). The molecule has 0 aliphatic heterocycles. The lowest BCUT2D eigenvalue weighted by atomic mass is 9.45. The first-order chi connectivity index (χ1) is 11.7. The molecule has 0 aromatic carbocycles. The average molecular weight is 344 g/mol. The Bertz CT molecular complexity index is 662. The fourth-order valence-electron chi connectivity index (χ4n) is 7.34. The van der Waals surface area contributed by atoms with Gasteiger partial charge in [-0.25, -0.2) is 0 Å². The summed E-state index contributed by atoms with van der Waals surface area (Å²) in [6, 6.07) is 0. The van der Waals surface area contributed by atoms with Crippen molar-refractivity contribution in [2.24, 2.45) is 40.4 Å². The zero-order valence-electron chi connectivity index (χ0n) is 16.0. The van der Waals surface area contributed by atoms with E-state index in [1.165, 1.54) is 5.57 Å². The number of rotatable bonds is 0. The van der Waals surface area contributed by atoms with Gasteiger partial charge in [0.25, 0.3) is 0 Å². The third-order valence-corrected chi connectivity index (χ3v) is 8.70. The van der Waals surface area contributed by atoms with Crippen LogP contribution in [-0.4, -0.2) is 22.1 Å². The van der Waals surface area contributed by atoms with Crippen LogP contribution in [0.25, 0.3) is 0 Å². The minimum Gasteiger partial charge on any atom is -0.515 e. The SMILES string of the molecule is C[C@@H]1CC2=CC(=O)/C(=C\O)C[C@]2(C)[C@H]2CC[C@]3(C)[C@@H](O)[C@H](C)C[C@H]3[C@H]12. The van der Waals surface area contributed by atoms with Gasteiger partial charge >= 0.3 is 0 Å². The third-order valence-electron chi connectivity index (χ3n) is 8.70. The van der Waals surface area contributed by atoms with E-state index in [1.54, 1.807) is 0 Å². The number of aliphatic hydroxyl groups is 2. The third kappa shape index (κ3) is 2.17. The molecule has 4 aliphatic rings. The molecule has 0 aromatic heterocycles. The van der Waals surface area contributed by atoms with Gasteiger partial charge in [-0.1, -0.05) is 33.3 Å². The first-order valence-electron chi connectivity index (χ1n) is 9.99. The first-order valence-corrected chi connectivity index (χ1v) is 9.99. The molecule has 0 radical (unpaired) electrons. The summed E-state index contributed by atoms with van der Waals surface area (Å²) in [7, 11) is 0. The van der Waals surface area contributed by atoms with E-state index in [0.29, 0.717) is 41.6 Å². The maximum absolute atomic E-state index is 12.3. The van der Waals surface area contributed by atoms with Gasteiger partial charge in [-0.3, -0.25) is 4.79 Å². The largest absolute Gasteiger partial charge is 0.515 e. The highest BCUT2D eigenvalue weighted by Crippen LogP contribution is 2.67. The molecule has 3 fully saturated rings. The van der Waals surface area contributed by atoms with E-state index < -0.39 is 0 Å². The number of carbonyl (C=O) groups is 1. The van der Waals surface area contributed by atoms with Gasteiger partial charge in [0.2, 0.25) is 0 Å². The van der Waals surface area contributed by atoms with Crippen molar-refractivity contribution >= 4 is 5.78 Å². The minimum atomic E-state index is -0.184. The number of hydrogen-bond donors (Lipinski definition) is 2. The van der Waals surface area contributed by atoms with Crippen LogP contribution in [0.4, 0.5) is 0 Å². The van der Waals surface area contributed by atoms with E-state index in [1.807, 2.05) is 6.08 Å². The number of carbonyl (C=O) groups excluding carboxylic acids is 1. The molecule has 3 nitrogen and oxygen atoms in total. The number of fused-ring (bicyclic) bond motifs is 5. The summed E-state index contributed by atoms with van der Waals surface area (Å²) in [6.45, 7) is 9.18. The molecular formula is C22H32O3. The Balaban J connectivity index is 1.76. The van der Waals surface area contributed by atoms with E-state index >= 15 is 0 Å². The van der Waals surface area contributed by atoms with E-state index in [-0.39, 0.29) is 22.7 Å². The summed E-state index contributed by atoms with van der Waals surface area (Å²) in [5.74, 6) is 2.65. The predicted molar refractivity (Wildman–Crippen MR) is 97.9 cm³/mol. The van der Waals surface area contributed by atoms with Crippen molar-refractivity contribution in [2.75, 3.05) is 0 Å². The van der Waals surface area contributed by atoms with Crippen LogP contribution < -0.4 is 0 Å². The molecular weight excluding hydrogens is 312 g/mol. The van der Waals surface area contributed by atoms with Crippen LogP contribution in [0.2, 0.25) is 0 Å². The van der Waals surface area contributed by atoms with Gasteiger partial charge in [-0.05, 0) is 78.6 Å². The summed E-state index contributed by atoms with van der Waals surface area (Å²) >= 11 is 0. The normalized spacial score (nSPS) is 53.9. The summed E-state index contributed by atoms with van der Waals surface area (Å²) in [4.78, 5) is 12.3. The highest BCUT2D eigenvalue weighted by molar-refractivity contribution is 6.05. The van der Waals surface area contributed by atoms with Crippen LogP contribution in [0, 0.1) is 40.4 Å². The second-order valence-corrected chi connectivity index (χ2v) is 9.96. The fourth-order valence-corrected chi connectivity index (χ4v) is 7.34. The van der Waals surface area contributed by atoms with Crippen molar-refractivity contribution in [1.82, 2.24) is 0 Å². The molecule has 3 saturated carbocycles. The van der Waals surface area contributed by atoms with E-state index in [2.05, 4.69) is 27.7 Å². The van der Waals surface area contributed by atoms with Gasteiger partial charge in [-0.2, -0.15) is 0 Å². The van der Waals surface area contributed by atoms with Gasteiger partial charge < -0.3 is 10.2 Å². The molecule has 0 bridgehead atoms. The van der Waals surface area contributed by atoms with Gasteiger partial charge in [0.15, 0.2) is 5.78 Å². The topological polar surface area (TPSA) is 57.5 Å². The Morgan fingerprint density at radius 2 is 1.92 bits per heavy atom. The molecule has 2 N–H and O–H groups in total. The lowest BCUT2D eigenvalue weighted by Crippen LogP contribution is -2.54. The highest BCUT2D eigenvalue weighted by Gasteiger charge is 2.62. The summed E-state index contributed by atoms with van der Waals surface area (Å²) in [5.41, 5.74) is 1.89. The van der Waals surface area contributed by atoms with Crippen molar-refractivity contribution in [3.63, 3.8) is 0 Å². The number of allylic oxidation sites excluding steroid dienone is 2. The molecule has 25 heavy (non-hydrogen) atoms. The lowest BCUT2D eigenvalue weighted by Gasteiger charge is -2.59. The number of ketones is 1. The van der Waals surface area contributed by atoms with Crippen LogP contribution in [0.5, 0.6) is 0 Å². The molecule has 4 aliphatic carbocycles. The van der Waals surface area contributed by atoms with Crippen molar-refractivity contribution in [3.8, 4) is 0 Å². The molecule has 138 valence electrons. The summed E-state index contributed by atoms with van der Waals surface area (Å²) in [5, 5.41) is 20.4. The number of aliphatic hydroxyl groups excluding tert-OH is 2. The molecule has 0 amide bonds. The Morgan fingerprint density at radius 3 is 2.60 bits per heavy atom. The smallest absolute Gasteiger partial charge is 0.184 e. The lowest BCUT2D eigenvalue weighted by molar-refractivity contribution is -0.115. The van der Waals surface area contributed by atoms with Crippen molar-refractivity contribution in [2.45, 2.75) is 65.9 Å². The molecule has 3 heteroatoms. The van der Waals surface area contributed by atoms with Crippen LogP contribution in [0.15, 0.2) is 23.5 Å². The quantitative estimate of drug-likeness (QED) is 0.505. The van der Waals surface area contributed by atoms with E-state index in [0.717, 1.165) is 31.9 Å². The maximum atomic E-state index is 12.3. The molecule has 0 unspecified atom stereocenters. The zero-order chi connectivity index (χ0) is 18.1. The predicted octanol–water partition coefficient (Wildman–Crippen LogP) is 4.42. The highest BCUT2D eigenvalue weighted by atomic mass is 16.3. The van der Waals surface area contributed by atoms with Crippen LogP contribution >= 0.6 is 0 Å². The van der Waals surface area contributed by atoms with Gasteiger partial charge in [-0.15, -0.1) is 0 Å². The Kier molecular flexibility index (Phi) is 3.78. The second-order valence-electron chi connectivity index (χ2n) is 9.96. The minimum absolute atomic E-state index is 0.00816. The summed E-state index contributed by atoms with van der Waals surface area (Å²) in [6.07, 6.45) is 7.64. The molecule has 0 aromatic rings. The first kappa shape index (κ1) is 17.3. The summed E-state index contributed by atoms with van der Waals surface area (Å²) < 4.78 is 0. The number of hydrogen-bond acceptors (Lipinski definition) is 3. The molecule has 0 spiro atoms. The van der Waals surface area contributed by atoms with Gasteiger partial charge in [0, 0.05) is 5.57 Å². The Hall–Kier alpha value is -1.09. The Labute approximate surface area is 151 Å². The van der Waals surface area contributed by atoms with Crippen molar-refractivity contribution < 1.29 is 15.0 Å². The standard InChI is InChI=1S/C22H32O3/c1-12-7-15-9-18(24)14(11-23)10-22(15,4)16-5-6-21(3)17(19(12)16)8-13(2)20(21)25/h9,11-13,16-17,19-20,23,25H,5-8,10H2,1-4H3/b14-11-/t12-,13-,16+,17+,19-,20+,21+,22+/m1/s1. The van der Waals surface area contributed by atoms with Crippen LogP contribution in [0.3, 0.4) is 0 Å². The average Bonchev–Trinajstić information content (AvgIpc) is 2.79. The van der Waals surface area contributed by atoms with Crippen LogP contribution in [-0.2, 0) is 4.79 Å². The van der Waals surface area contributed by atoms with Gasteiger partial charge in [0.05, 0.1) is 12.4 Å². The maximum Gasteiger partial charge on any atom is 0.184 e. The van der Waals surface area contributed by atoms with Gasteiger partial charge in [0.1, 0.15) is 0 Å². The monoisotopic (exact) mass is 344 g/mol. The Morgan fingerprint density at radius 1 is 1.20 bits per heavy atom. The second kappa shape index (κ2) is 5.45. The molecule has 8 atom stereocenters. The molecule has 0 heterocycles. The van der Waals surface area contributed by atoms with E-state index in [4.69, 9.17) is 0 Å². The fraction of sp³-hybridized carbons (Fsp3) is 0.773.